The van der Waals surface area contributed by atoms with E-state index in [0.717, 1.165) is 0 Å². The van der Waals surface area contributed by atoms with Gasteiger partial charge in [-0.15, -0.1) is 0 Å². The molecule has 0 atom stereocenters. The molecule has 0 spiro atoms. The number of amides is 2. The Balaban J connectivity index is 2.22. The van der Waals surface area contributed by atoms with Crippen molar-refractivity contribution in [3.05, 3.63) is 29.8 Å². The van der Waals surface area contributed by atoms with E-state index in [-0.39, 0.29) is 6.67 Å². The average molecular weight is 233 g/mol. The van der Waals surface area contributed by atoms with Gasteiger partial charge in [0.1, 0.15) is 6.67 Å². The van der Waals surface area contributed by atoms with Gasteiger partial charge in [-0.1, -0.05) is 11.2 Å². The summed E-state index contributed by atoms with van der Waals surface area (Å²) >= 11 is 0. The van der Waals surface area contributed by atoms with Crippen LogP contribution in [-0.4, -0.2) is 25.3 Å². The van der Waals surface area contributed by atoms with Gasteiger partial charge in [0.25, 0.3) is 0 Å². The molecule has 0 bridgehead atoms. The van der Waals surface area contributed by atoms with Crippen LogP contribution in [0.15, 0.2) is 34.5 Å². The molecule has 1 aliphatic heterocycles. The summed E-state index contributed by atoms with van der Waals surface area (Å²) in [6.07, 6.45) is 0. The van der Waals surface area contributed by atoms with Crippen molar-refractivity contribution in [3.8, 4) is 0 Å². The van der Waals surface area contributed by atoms with E-state index in [2.05, 4.69) is 10.2 Å². The van der Waals surface area contributed by atoms with Gasteiger partial charge in [-0.3, -0.25) is 4.90 Å². The molecule has 0 aliphatic carbocycles. The zero-order chi connectivity index (χ0) is 12.3. The minimum absolute atomic E-state index is 0.186. The summed E-state index contributed by atoms with van der Waals surface area (Å²) in [7, 11) is 0. The molecule has 17 heavy (non-hydrogen) atoms. The zero-order valence-electron chi connectivity index (χ0n) is 9.29. The second-order valence-corrected chi connectivity index (χ2v) is 3.36. The van der Waals surface area contributed by atoms with E-state index in [4.69, 9.17) is 4.74 Å². The monoisotopic (exact) mass is 233 g/mol. The number of esters is 1. The first-order valence-corrected chi connectivity index (χ1v) is 5.18. The Morgan fingerprint density at radius 2 is 2.35 bits per heavy atom. The topological polar surface area (TPSA) is 71.3 Å². The Labute approximate surface area is 97.9 Å². The Kier molecular flexibility index (Phi) is 3.13. The quantitative estimate of drug-likeness (QED) is 0.751. The smallest absolute Gasteiger partial charge is 0.367 e. The van der Waals surface area contributed by atoms with Gasteiger partial charge >= 0.3 is 12.0 Å². The lowest BCUT2D eigenvalue weighted by Crippen LogP contribution is -2.23. The summed E-state index contributed by atoms with van der Waals surface area (Å²) in [5.74, 6) is -0.408. The van der Waals surface area contributed by atoms with Gasteiger partial charge in [0.15, 0.2) is 0 Å². The molecule has 6 nitrogen and oxygen atoms in total. The maximum Gasteiger partial charge on any atom is 0.367 e. The van der Waals surface area contributed by atoms with E-state index in [0.29, 0.717) is 17.9 Å². The molecule has 0 fully saturated rings. The highest BCUT2D eigenvalue weighted by molar-refractivity contribution is 5.96. The molecule has 1 aromatic rings. The fourth-order valence-corrected chi connectivity index (χ4v) is 1.48. The number of nitrogens with zero attached hydrogens (tertiary/aromatic N) is 3. The molecular weight excluding hydrogens is 222 g/mol. The second kappa shape index (κ2) is 4.73. The molecule has 2 amide bonds. The van der Waals surface area contributed by atoms with Gasteiger partial charge in [0.05, 0.1) is 12.2 Å². The van der Waals surface area contributed by atoms with Crippen molar-refractivity contribution in [2.24, 2.45) is 10.2 Å². The average Bonchev–Trinajstić information content (AvgIpc) is 2.76. The molecule has 0 aromatic heterocycles. The molecule has 0 unspecified atom stereocenters. The van der Waals surface area contributed by atoms with Gasteiger partial charge in [-0.2, -0.15) is 5.11 Å². The molecule has 1 aromatic carbocycles. The molecule has 0 N–H and O–H groups in total. The standard InChI is InChI=1S/C11H11N3O3/c1-2-17-10(15)8-4-3-5-9(6-8)14-7-12-13-11(14)16/h3-6H,2,7H2,1H3. The fraction of sp³-hybridized carbons (Fsp3) is 0.273. The van der Waals surface area contributed by atoms with Crippen LogP contribution in [0.4, 0.5) is 10.5 Å². The van der Waals surface area contributed by atoms with Crippen molar-refractivity contribution in [2.45, 2.75) is 6.92 Å². The molecule has 1 aliphatic rings. The molecular formula is C11H11N3O3. The molecule has 2 rings (SSSR count). The summed E-state index contributed by atoms with van der Waals surface area (Å²) in [6.45, 7) is 2.24. The number of rotatable bonds is 3. The van der Waals surface area contributed by atoms with E-state index in [9.17, 15) is 9.59 Å². The van der Waals surface area contributed by atoms with Crippen LogP contribution < -0.4 is 4.90 Å². The molecule has 0 radical (unpaired) electrons. The number of ether oxygens (including phenoxy) is 1. The summed E-state index contributed by atoms with van der Waals surface area (Å²) in [5, 5.41) is 7.02. The lowest BCUT2D eigenvalue weighted by Gasteiger charge is -2.13. The number of anilines is 1. The van der Waals surface area contributed by atoms with Crippen LogP contribution in [-0.2, 0) is 4.74 Å². The summed E-state index contributed by atoms with van der Waals surface area (Å²) < 4.78 is 4.88. The number of carbonyl (C=O) groups excluding carboxylic acids is 2. The third-order valence-corrected chi connectivity index (χ3v) is 2.26. The van der Waals surface area contributed by atoms with Crippen LogP contribution in [0.5, 0.6) is 0 Å². The molecule has 6 heteroatoms. The predicted octanol–water partition coefficient (Wildman–Crippen LogP) is 2.21. The van der Waals surface area contributed by atoms with Crippen LogP contribution >= 0.6 is 0 Å². The summed E-state index contributed by atoms with van der Waals surface area (Å²) in [4.78, 5) is 24.2. The summed E-state index contributed by atoms with van der Waals surface area (Å²) in [6, 6.07) is 6.21. The van der Waals surface area contributed by atoms with Crippen LogP contribution in [0, 0.1) is 0 Å². The van der Waals surface area contributed by atoms with Crippen LogP contribution in [0.3, 0.4) is 0 Å². The van der Waals surface area contributed by atoms with Crippen molar-refractivity contribution >= 4 is 17.7 Å². The first-order valence-electron chi connectivity index (χ1n) is 5.18. The second-order valence-electron chi connectivity index (χ2n) is 3.36. The number of hydrogen-bond donors (Lipinski definition) is 0. The number of benzene rings is 1. The minimum Gasteiger partial charge on any atom is -0.462 e. The molecule has 0 saturated carbocycles. The predicted molar refractivity (Wildman–Crippen MR) is 60.0 cm³/mol. The molecule has 1 heterocycles. The third kappa shape index (κ3) is 2.30. The zero-order valence-corrected chi connectivity index (χ0v) is 9.29. The first-order chi connectivity index (χ1) is 8.22. The van der Waals surface area contributed by atoms with Crippen molar-refractivity contribution in [1.29, 1.82) is 0 Å². The Bertz CT molecular complexity index is 485. The first kappa shape index (κ1) is 11.3. The van der Waals surface area contributed by atoms with Crippen molar-refractivity contribution in [2.75, 3.05) is 18.2 Å². The summed E-state index contributed by atoms with van der Waals surface area (Å²) in [5.41, 5.74) is 0.995. The fourth-order valence-electron chi connectivity index (χ4n) is 1.48. The Morgan fingerprint density at radius 1 is 1.53 bits per heavy atom. The van der Waals surface area contributed by atoms with E-state index in [1.165, 1.54) is 4.90 Å². The Hall–Kier alpha value is -2.24. The highest BCUT2D eigenvalue weighted by Crippen LogP contribution is 2.20. The number of urea groups is 1. The van der Waals surface area contributed by atoms with E-state index < -0.39 is 12.0 Å². The molecule has 88 valence electrons. The Morgan fingerprint density at radius 3 is 3.00 bits per heavy atom. The normalized spacial score (nSPS) is 14.2. The SMILES string of the molecule is CCOC(=O)c1cccc(N2CN=NC2=O)c1. The number of hydrogen-bond acceptors (Lipinski definition) is 4. The van der Waals surface area contributed by atoms with Crippen molar-refractivity contribution in [1.82, 2.24) is 0 Å². The van der Waals surface area contributed by atoms with Gasteiger partial charge in [0, 0.05) is 5.69 Å². The minimum atomic E-state index is -0.425. The largest absolute Gasteiger partial charge is 0.462 e. The van der Waals surface area contributed by atoms with E-state index in [1.807, 2.05) is 0 Å². The van der Waals surface area contributed by atoms with E-state index in [1.54, 1.807) is 31.2 Å². The highest BCUT2D eigenvalue weighted by atomic mass is 16.5. The van der Waals surface area contributed by atoms with Crippen LogP contribution in [0.25, 0.3) is 0 Å². The van der Waals surface area contributed by atoms with Gasteiger partial charge < -0.3 is 4.74 Å². The lowest BCUT2D eigenvalue weighted by atomic mass is 10.2. The highest BCUT2D eigenvalue weighted by Gasteiger charge is 2.20. The van der Waals surface area contributed by atoms with Crippen LogP contribution in [0.1, 0.15) is 17.3 Å². The molecule has 0 saturated heterocycles. The van der Waals surface area contributed by atoms with Gasteiger partial charge in [-0.25, -0.2) is 9.59 Å². The van der Waals surface area contributed by atoms with E-state index >= 15 is 0 Å². The number of carbonyl (C=O) groups is 2. The third-order valence-electron chi connectivity index (χ3n) is 2.26. The lowest BCUT2D eigenvalue weighted by molar-refractivity contribution is 0.0526. The maximum atomic E-state index is 11.5. The van der Waals surface area contributed by atoms with Gasteiger partial charge in [-0.05, 0) is 25.1 Å². The van der Waals surface area contributed by atoms with Crippen molar-refractivity contribution in [3.63, 3.8) is 0 Å². The van der Waals surface area contributed by atoms with Gasteiger partial charge in [0.2, 0.25) is 0 Å². The maximum absolute atomic E-state index is 11.5. The van der Waals surface area contributed by atoms with Crippen molar-refractivity contribution < 1.29 is 14.3 Å². The van der Waals surface area contributed by atoms with Crippen LogP contribution in [0.2, 0.25) is 0 Å². The number of azo groups is 1.